The van der Waals surface area contributed by atoms with Crippen LogP contribution in [0.15, 0.2) is 24.3 Å². The van der Waals surface area contributed by atoms with E-state index in [1.165, 1.54) is 5.56 Å². The van der Waals surface area contributed by atoms with E-state index in [1.54, 1.807) is 0 Å². The number of nitrogens with one attached hydrogen (secondary N) is 1. The van der Waals surface area contributed by atoms with Crippen LogP contribution in [0.25, 0.3) is 0 Å². The number of rotatable bonds is 7. The van der Waals surface area contributed by atoms with Gasteiger partial charge < -0.3 is 14.8 Å². The molecule has 1 aromatic carbocycles. The van der Waals surface area contributed by atoms with Crippen LogP contribution in [0.2, 0.25) is 0 Å². The van der Waals surface area contributed by atoms with Crippen molar-refractivity contribution < 1.29 is 14.3 Å². The quantitative estimate of drug-likeness (QED) is 0.788. The average Bonchev–Trinajstić information content (AvgIpc) is 2.96. The van der Waals surface area contributed by atoms with Crippen molar-refractivity contribution in [3.05, 3.63) is 35.4 Å². The van der Waals surface area contributed by atoms with Gasteiger partial charge in [0.05, 0.1) is 24.9 Å². The molecule has 0 spiro atoms. The topological polar surface area (TPSA) is 47.6 Å². The van der Waals surface area contributed by atoms with Gasteiger partial charge >= 0.3 is 0 Å². The van der Waals surface area contributed by atoms with Crippen molar-refractivity contribution in [2.24, 2.45) is 0 Å². The number of hydrogen-bond acceptors (Lipinski definition) is 3. The van der Waals surface area contributed by atoms with Gasteiger partial charge in [-0.3, -0.25) is 4.79 Å². The van der Waals surface area contributed by atoms with E-state index in [2.05, 4.69) is 24.4 Å². The fraction of sp³-hybridized carbons (Fsp3) is 0.611. The number of benzene rings is 1. The van der Waals surface area contributed by atoms with E-state index in [4.69, 9.17) is 9.47 Å². The standard InChI is InChI=1S/C18H27NO3/c1-14-6-4-7-15(12-14)18(2,3)19-17(20)9-11-21-13-16-8-5-10-22-16/h4,6-7,12,16H,5,8-11,13H2,1-3H3,(H,19,20)/t16-/m1/s1. The van der Waals surface area contributed by atoms with Gasteiger partial charge in [-0.05, 0) is 39.2 Å². The lowest BCUT2D eigenvalue weighted by atomic mass is 9.93. The van der Waals surface area contributed by atoms with Gasteiger partial charge in [0, 0.05) is 13.0 Å². The Labute approximate surface area is 133 Å². The summed E-state index contributed by atoms with van der Waals surface area (Å²) in [4.78, 5) is 12.1. The molecule has 0 bridgehead atoms. The Hall–Kier alpha value is -1.39. The zero-order valence-electron chi connectivity index (χ0n) is 13.9. The molecule has 0 radical (unpaired) electrons. The lowest BCUT2D eigenvalue weighted by Gasteiger charge is -2.27. The summed E-state index contributed by atoms with van der Waals surface area (Å²) in [5, 5.41) is 3.08. The second-order valence-corrected chi connectivity index (χ2v) is 6.50. The lowest BCUT2D eigenvalue weighted by molar-refractivity contribution is -0.124. The van der Waals surface area contributed by atoms with Crippen molar-refractivity contribution in [3.8, 4) is 0 Å². The summed E-state index contributed by atoms with van der Waals surface area (Å²) in [6.07, 6.45) is 2.76. The SMILES string of the molecule is Cc1cccc(C(C)(C)NC(=O)CCOC[C@H]2CCCO2)c1. The van der Waals surface area contributed by atoms with Gasteiger partial charge in [0.15, 0.2) is 0 Å². The maximum atomic E-state index is 12.1. The van der Waals surface area contributed by atoms with Crippen molar-refractivity contribution in [1.29, 1.82) is 0 Å². The first-order valence-corrected chi connectivity index (χ1v) is 8.05. The summed E-state index contributed by atoms with van der Waals surface area (Å²) >= 11 is 0. The van der Waals surface area contributed by atoms with Gasteiger partial charge in [-0.1, -0.05) is 29.8 Å². The molecule has 0 aliphatic carbocycles. The Bertz CT molecular complexity index is 493. The van der Waals surface area contributed by atoms with E-state index >= 15 is 0 Å². The maximum absolute atomic E-state index is 12.1. The second kappa shape index (κ2) is 7.75. The Morgan fingerprint density at radius 3 is 2.95 bits per heavy atom. The van der Waals surface area contributed by atoms with Gasteiger partial charge in [-0.25, -0.2) is 0 Å². The van der Waals surface area contributed by atoms with Gasteiger partial charge in [0.2, 0.25) is 5.91 Å². The van der Waals surface area contributed by atoms with Gasteiger partial charge in [0.25, 0.3) is 0 Å². The Morgan fingerprint density at radius 1 is 1.45 bits per heavy atom. The minimum absolute atomic E-state index is 0.0128. The summed E-state index contributed by atoms with van der Waals surface area (Å²) in [6, 6.07) is 8.22. The molecule has 1 aliphatic rings. The third kappa shape index (κ3) is 5.11. The number of amides is 1. The van der Waals surface area contributed by atoms with E-state index in [1.807, 2.05) is 26.0 Å². The Morgan fingerprint density at radius 2 is 2.27 bits per heavy atom. The van der Waals surface area contributed by atoms with Crippen LogP contribution in [0.3, 0.4) is 0 Å². The summed E-state index contributed by atoms with van der Waals surface area (Å²) in [5.41, 5.74) is 1.93. The van der Waals surface area contributed by atoms with E-state index < -0.39 is 0 Å². The molecule has 122 valence electrons. The predicted octanol–water partition coefficient (Wildman–Crippen LogP) is 2.93. The van der Waals surface area contributed by atoms with Crippen LogP contribution < -0.4 is 5.32 Å². The monoisotopic (exact) mass is 305 g/mol. The van der Waals surface area contributed by atoms with Crippen LogP contribution in [0.1, 0.15) is 44.2 Å². The molecule has 1 heterocycles. The molecule has 4 heteroatoms. The molecular weight excluding hydrogens is 278 g/mol. The highest BCUT2D eigenvalue weighted by molar-refractivity contribution is 5.77. The average molecular weight is 305 g/mol. The van der Waals surface area contributed by atoms with Crippen LogP contribution >= 0.6 is 0 Å². The van der Waals surface area contributed by atoms with Crippen LogP contribution in [0.4, 0.5) is 0 Å². The lowest BCUT2D eigenvalue weighted by Crippen LogP contribution is -2.41. The van der Waals surface area contributed by atoms with Gasteiger partial charge in [0.1, 0.15) is 0 Å². The molecule has 1 atom stereocenters. The minimum atomic E-state index is -0.377. The van der Waals surface area contributed by atoms with Crippen molar-refractivity contribution in [3.63, 3.8) is 0 Å². The first-order valence-electron chi connectivity index (χ1n) is 8.05. The molecule has 1 aliphatic heterocycles. The fourth-order valence-corrected chi connectivity index (χ4v) is 2.67. The highest BCUT2D eigenvalue weighted by atomic mass is 16.5. The normalized spacial score (nSPS) is 18.4. The molecule has 1 N–H and O–H groups in total. The van der Waals surface area contributed by atoms with Crippen molar-refractivity contribution in [1.82, 2.24) is 5.32 Å². The van der Waals surface area contributed by atoms with Gasteiger partial charge in [-0.15, -0.1) is 0 Å². The molecule has 1 amide bonds. The molecule has 1 aromatic rings. The summed E-state index contributed by atoms with van der Waals surface area (Å²) in [6.45, 7) is 7.96. The number of ether oxygens (including phenoxy) is 2. The molecule has 22 heavy (non-hydrogen) atoms. The summed E-state index contributed by atoms with van der Waals surface area (Å²) in [5.74, 6) is 0.0128. The van der Waals surface area contributed by atoms with Crippen molar-refractivity contribution >= 4 is 5.91 Å². The Balaban J connectivity index is 1.73. The predicted molar refractivity (Wildman–Crippen MR) is 86.8 cm³/mol. The number of carbonyl (C=O) groups is 1. The van der Waals surface area contributed by atoms with Crippen LogP contribution in [0, 0.1) is 6.92 Å². The summed E-state index contributed by atoms with van der Waals surface area (Å²) in [7, 11) is 0. The molecule has 0 aromatic heterocycles. The molecule has 0 saturated carbocycles. The number of carbonyl (C=O) groups excluding carboxylic acids is 1. The number of hydrogen-bond donors (Lipinski definition) is 1. The zero-order valence-corrected chi connectivity index (χ0v) is 13.9. The maximum Gasteiger partial charge on any atom is 0.222 e. The first-order chi connectivity index (χ1) is 10.5. The third-order valence-corrected chi connectivity index (χ3v) is 3.99. The van der Waals surface area contributed by atoms with E-state index in [0.29, 0.717) is 19.6 Å². The van der Waals surface area contributed by atoms with Crippen molar-refractivity contribution in [2.45, 2.75) is 51.7 Å². The highest BCUT2D eigenvalue weighted by Crippen LogP contribution is 2.21. The molecule has 2 rings (SSSR count). The van der Waals surface area contributed by atoms with E-state index in [0.717, 1.165) is 25.0 Å². The first kappa shape index (κ1) is 17.0. The van der Waals surface area contributed by atoms with Crippen LogP contribution in [-0.2, 0) is 19.8 Å². The van der Waals surface area contributed by atoms with Crippen molar-refractivity contribution in [2.75, 3.05) is 19.8 Å². The van der Waals surface area contributed by atoms with Gasteiger partial charge in [-0.2, -0.15) is 0 Å². The number of aryl methyl sites for hydroxylation is 1. The van der Waals surface area contributed by atoms with Crippen LogP contribution in [0.5, 0.6) is 0 Å². The largest absolute Gasteiger partial charge is 0.378 e. The zero-order chi connectivity index (χ0) is 16.0. The molecule has 4 nitrogen and oxygen atoms in total. The molecule has 1 saturated heterocycles. The summed E-state index contributed by atoms with van der Waals surface area (Å²) < 4.78 is 11.0. The fourth-order valence-electron chi connectivity index (χ4n) is 2.67. The van der Waals surface area contributed by atoms with E-state index in [9.17, 15) is 4.79 Å². The molecular formula is C18H27NO3. The smallest absolute Gasteiger partial charge is 0.222 e. The highest BCUT2D eigenvalue weighted by Gasteiger charge is 2.22. The molecule has 1 fully saturated rings. The van der Waals surface area contributed by atoms with E-state index in [-0.39, 0.29) is 17.6 Å². The third-order valence-electron chi connectivity index (χ3n) is 3.99. The molecule has 0 unspecified atom stereocenters. The minimum Gasteiger partial charge on any atom is -0.378 e. The Kier molecular flexibility index (Phi) is 5.98. The second-order valence-electron chi connectivity index (χ2n) is 6.50. The van der Waals surface area contributed by atoms with Crippen LogP contribution in [-0.4, -0.2) is 31.8 Å².